The lowest BCUT2D eigenvalue weighted by atomic mass is 10.1. The molecule has 1 heterocycles. The first kappa shape index (κ1) is 8.53. The largest absolute Gasteiger partial charge is 0.496 e. The van der Waals surface area contributed by atoms with Gasteiger partial charge < -0.3 is 4.74 Å². The fourth-order valence-corrected chi connectivity index (χ4v) is 1.74. The first-order valence-electron chi connectivity index (χ1n) is 4.42. The Balaban J connectivity index is 2.33. The molecule has 0 atom stereocenters. The van der Waals surface area contributed by atoms with Crippen LogP contribution in [0.1, 0.15) is 11.1 Å². The van der Waals surface area contributed by atoms with Gasteiger partial charge in [-0.15, -0.1) is 0 Å². The summed E-state index contributed by atoms with van der Waals surface area (Å²) in [6.45, 7) is 1.89. The molecule has 0 saturated heterocycles. The third-order valence-electron chi connectivity index (χ3n) is 2.48. The van der Waals surface area contributed by atoms with Gasteiger partial charge in [-0.3, -0.25) is 5.43 Å². The molecular formula is C10H14N2O. The molecule has 1 aromatic carbocycles. The van der Waals surface area contributed by atoms with E-state index >= 15 is 0 Å². The Morgan fingerprint density at radius 3 is 2.92 bits per heavy atom. The van der Waals surface area contributed by atoms with Crippen LogP contribution in [0.15, 0.2) is 18.2 Å². The van der Waals surface area contributed by atoms with Crippen LogP contribution in [-0.4, -0.2) is 19.2 Å². The third-order valence-corrected chi connectivity index (χ3v) is 2.48. The molecule has 0 fully saturated rings. The van der Waals surface area contributed by atoms with Crippen LogP contribution in [0.3, 0.4) is 0 Å². The lowest BCUT2D eigenvalue weighted by molar-refractivity contribution is 0.211. The summed E-state index contributed by atoms with van der Waals surface area (Å²) < 4.78 is 5.30. The number of rotatable bonds is 2. The highest BCUT2D eigenvalue weighted by Crippen LogP contribution is 2.29. The van der Waals surface area contributed by atoms with Gasteiger partial charge in [0.1, 0.15) is 5.75 Å². The van der Waals surface area contributed by atoms with Crippen molar-refractivity contribution >= 4 is 0 Å². The highest BCUT2D eigenvalue weighted by Gasteiger charge is 2.20. The Morgan fingerprint density at radius 2 is 2.23 bits per heavy atom. The predicted molar refractivity (Wildman–Crippen MR) is 51.3 cm³/mol. The van der Waals surface area contributed by atoms with Gasteiger partial charge in [-0.1, -0.05) is 12.1 Å². The number of hydrazine groups is 1. The molecule has 1 N–H and O–H groups in total. The average molecular weight is 178 g/mol. The Kier molecular flexibility index (Phi) is 2.20. The highest BCUT2D eigenvalue weighted by molar-refractivity contribution is 5.42. The van der Waals surface area contributed by atoms with Gasteiger partial charge in [-0.25, -0.2) is 5.01 Å². The molecule has 2 rings (SSSR count). The molecule has 0 aromatic heterocycles. The molecule has 0 radical (unpaired) electrons. The van der Waals surface area contributed by atoms with Gasteiger partial charge in [0.2, 0.25) is 0 Å². The first-order chi connectivity index (χ1) is 6.35. The van der Waals surface area contributed by atoms with E-state index < -0.39 is 0 Å². The van der Waals surface area contributed by atoms with Gasteiger partial charge in [0.15, 0.2) is 0 Å². The van der Waals surface area contributed by atoms with Crippen molar-refractivity contribution in [3.05, 3.63) is 29.3 Å². The second-order valence-corrected chi connectivity index (χ2v) is 3.18. The van der Waals surface area contributed by atoms with E-state index in [2.05, 4.69) is 16.5 Å². The summed E-state index contributed by atoms with van der Waals surface area (Å²) in [4.78, 5) is 0. The summed E-state index contributed by atoms with van der Waals surface area (Å²) >= 11 is 0. The molecule has 1 aliphatic rings. The zero-order chi connectivity index (χ0) is 9.26. The van der Waals surface area contributed by atoms with Crippen LogP contribution < -0.4 is 10.2 Å². The number of nitrogens with one attached hydrogen (secondary N) is 1. The standard InChI is InChI=1S/C10H14N2O/c1-11-12-6-8-4-3-5-10(13-2)9(8)7-12/h3-5,11H,6-7H2,1-2H3. The Morgan fingerprint density at radius 1 is 1.38 bits per heavy atom. The van der Waals surface area contributed by atoms with Gasteiger partial charge >= 0.3 is 0 Å². The van der Waals surface area contributed by atoms with Gasteiger partial charge in [0, 0.05) is 18.7 Å². The third kappa shape index (κ3) is 1.41. The number of hydrogen-bond acceptors (Lipinski definition) is 3. The second-order valence-electron chi connectivity index (χ2n) is 3.18. The van der Waals surface area contributed by atoms with E-state index in [9.17, 15) is 0 Å². The normalized spacial score (nSPS) is 15.8. The molecule has 0 aliphatic carbocycles. The Hall–Kier alpha value is -1.06. The van der Waals surface area contributed by atoms with E-state index in [4.69, 9.17) is 4.74 Å². The lowest BCUT2D eigenvalue weighted by Crippen LogP contribution is -2.29. The maximum Gasteiger partial charge on any atom is 0.123 e. The maximum atomic E-state index is 5.30. The van der Waals surface area contributed by atoms with Crippen LogP contribution in [-0.2, 0) is 13.1 Å². The number of ether oxygens (including phenoxy) is 1. The quantitative estimate of drug-likeness (QED) is 0.735. The van der Waals surface area contributed by atoms with Crippen LogP contribution in [0.2, 0.25) is 0 Å². The predicted octanol–water partition coefficient (Wildman–Crippen LogP) is 1.15. The van der Waals surface area contributed by atoms with Crippen molar-refractivity contribution in [3.63, 3.8) is 0 Å². The van der Waals surface area contributed by atoms with Gasteiger partial charge in [0.05, 0.1) is 7.11 Å². The minimum absolute atomic E-state index is 0.926. The zero-order valence-corrected chi connectivity index (χ0v) is 8.00. The highest BCUT2D eigenvalue weighted by atomic mass is 16.5. The van der Waals surface area contributed by atoms with Crippen molar-refractivity contribution < 1.29 is 4.74 Å². The van der Waals surface area contributed by atoms with Gasteiger partial charge in [-0.05, 0) is 18.7 Å². The molecular weight excluding hydrogens is 164 g/mol. The van der Waals surface area contributed by atoms with E-state index in [1.807, 2.05) is 19.2 Å². The van der Waals surface area contributed by atoms with Crippen LogP contribution in [0.4, 0.5) is 0 Å². The minimum atomic E-state index is 0.926. The van der Waals surface area contributed by atoms with E-state index in [0.29, 0.717) is 0 Å². The number of benzene rings is 1. The molecule has 0 spiro atoms. The summed E-state index contributed by atoms with van der Waals surface area (Å²) in [5.74, 6) is 0.996. The van der Waals surface area contributed by atoms with Crippen molar-refractivity contribution in [2.75, 3.05) is 14.2 Å². The van der Waals surface area contributed by atoms with Crippen LogP contribution in [0, 0.1) is 0 Å². The summed E-state index contributed by atoms with van der Waals surface area (Å²) in [6.07, 6.45) is 0. The monoisotopic (exact) mass is 178 g/mol. The molecule has 1 aliphatic heterocycles. The average Bonchev–Trinajstić information content (AvgIpc) is 2.59. The molecule has 0 unspecified atom stereocenters. The molecule has 0 bridgehead atoms. The summed E-state index contributed by atoms with van der Waals surface area (Å²) in [6, 6.07) is 6.20. The Labute approximate surface area is 78.3 Å². The fraction of sp³-hybridized carbons (Fsp3) is 0.400. The summed E-state index contributed by atoms with van der Waals surface area (Å²) in [5.41, 5.74) is 5.80. The van der Waals surface area contributed by atoms with Crippen molar-refractivity contribution in [1.29, 1.82) is 0 Å². The van der Waals surface area contributed by atoms with Crippen molar-refractivity contribution in [2.24, 2.45) is 0 Å². The first-order valence-corrected chi connectivity index (χ1v) is 4.42. The molecule has 0 saturated carbocycles. The molecule has 3 nitrogen and oxygen atoms in total. The molecule has 3 heteroatoms. The van der Waals surface area contributed by atoms with Crippen LogP contribution in [0.5, 0.6) is 5.75 Å². The van der Waals surface area contributed by atoms with E-state index in [-0.39, 0.29) is 0 Å². The van der Waals surface area contributed by atoms with Crippen molar-refractivity contribution in [3.8, 4) is 5.75 Å². The Bertz CT molecular complexity index is 312. The second kappa shape index (κ2) is 3.36. The zero-order valence-electron chi connectivity index (χ0n) is 8.00. The molecule has 0 amide bonds. The number of nitrogens with zero attached hydrogens (tertiary/aromatic N) is 1. The maximum absolute atomic E-state index is 5.30. The molecule has 1 aromatic rings. The minimum Gasteiger partial charge on any atom is -0.496 e. The summed E-state index contributed by atoms with van der Waals surface area (Å²) in [7, 11) is 3.66. The van der Waals surface area contributed by atoms with E-state index in [0.717, 1.165) is 18.8 Å². The number of fused-ring (bicyclic) bond motifs is 1. The van der Waals surface area contributed by atoms with Gasteiger partial charge in [-0.2, -0.15) is 0 Å². The molecule has 13 heavy (non-hydrogen) atoms. The lowest BCUT2D eigenvalue weighted by Gasteiger charge is -2.11. The van der Waals surface area contributed by atoms with E-state index in [1.54, 1.807) is 7.11 Å². The van der Waals surface area contributed by atoms with Crippen molar-refractivity contribution in [1.82, 2.24) is 10.4 Å². The SMILES string of the molecule is CNN1Cc2cccc(OC)c2C1. The summed E-state index contributed by atoms with van der Waals surface area (Å²) in [5, 5.41) is 2.16. The number of hydrogen-bond donors (Lipinski definition) is 1. The van der Waals surface area contributed by atoms with Crippen molar-refractivity contribution in [2.45, 2.75) is 13.1 Å². The van der Waals surface area contributed by atoms with Crippen LogP contribution in [0.25, 0.3) is 0 Å². The van der Waals surface area contributed by atoms with Crippen LogP contribution >= 0.6 is 0 Å². The topological polar surface area (TPSA) is 24.5 Å². The van der Waals surface area contributed by atoms with E-state index in [1.165, 1.54) is 11.1 Å². The van der Waals surface area contributed by atoms with Gasteiger partial charge in [0.25, 0.3) is 0 Å². The smallest absolute Gasteiger partial charge is 0.123 e. The fourth-order valence-electron chi connectivity index (χ4n) is 1.74. The number of methoxy groups -OCH3 is 1. The molecule has 70 valence electrons.